The van der Waals surface area contributed by atoms with Gasteiger partial charge in [0, 0.05) is 54.9 Å². The van der Waals surface area contributed by atoms with E-state index in [-0.39, 0.29) is 18.9 Å². The lowest BCUT2D eigenvalue weighted by Crippen LogP contribution is -2.60. The summed E-state index contributed by atoms with van der Waals surface area (Å²) in [4.78, 5) is 23.2. The third kappa shape index (κ3) is 5.09. The molecule has 2 unspecified atom stereocenters. The number of urea groups is 1. The molecular weight excluding hydrogens is 284 g/mol. The third-order valence-electron chi connectivity index (χ3n) is 3.32. The maximum Gasteiger partial charge on any atom is 0.329 e. The van der Waals surface area contributed by atoms with E-state index in [1.807, 2.05) is 0 Å². The molecule has 2 amide bonds. The van der Waals surface area contributed by atoms with Gasteiger partial charge >= 0.3 is 12.0 Å². The molecule has 0 bridgehead atoms. The zero-order valence-electron chi connectivity index (χ0n) is 11.8. The molecule has 1 rings (SSSR count). The second-order valence-corrected chi connectivity index (χ2v) is 6.62. The summed E-state index contributed by atoms with van der Waals surface area (Å²) in [7, 11) is -0.905. The second kappa shape index (κ2) is 7.58. The van der Waals surface area contributed by atoms with Crippen molar-refractivity contribution in [2.45, 2.75) is 37.8 Å². The lowest BCUT2D eigenvalue weighted by atomic mass is 9.90. The van der Waals surface area contributed by atoms with Crippen molar-refractivity contribution >= 4 is 22.8 Å². The maximum atomic E-state index is 11.9. The molecule has 3 N–H and O–H groups in total. The van der Waals surface area contributed by atoms with Crippen LogP contribution in [0.5, 0.6) is 0 Å². The Morgan fingerprint density at radius 1 is 1.40 bits per heavy atom. The van der Waals surface area contributed by atoms with Crippen molar-refractivity contribution in [3.8, 4) is 0 Å². The quantitative estimate of drug-likeness (QED) is 0.644. The fourth-order valence-electron chi connectivity index (χ4n) is 2.00. The van der Waals surface area contributed by atoms with Gasteiger partial charge in [0.05, 0.1) is 0 Å². The van der Waals surface area contributed by atoms with E-state index >= 15 is 0 Å². The second-order valence-electron chi connectivity index (χ2n) is 5.07. The molecule has 0 radical (unpaired) electrons. The molecule has 1 aliphatic heterocycles. The molecule has 1 heterocycles. The Balaban J connectivity index is 2.50. The van der Waals surface area contributed by atoms with Crippen molar-refractivity contribution in [2.75, 3.05) is 25.2 Å². The van der Waals surface area contributed by atoms with E-state index < -0.39 is 28.3 Å². The van der Waals surface area contributed by atoms with Gasteiger partial charge in [0.25, 0.3) is 0 Å². The normalized spacial score (nSPS) is 20.7. The molecule has 0 aromatic heterocycles. The molecular formula is C12H22N2O5S. The third-order valence-corrected chi connectivity index (χ3v) is 4.13. The average molecular weight is 306 g/mol. The van der Waals surface area contributed by atoms with Gasteiger partial charge in [0.15, 0.2) is 0 Å². The van der Waals surface area contributed by atoms with Crippen molar-refractivity contribution < 1.29 is 23.6 Å². The van der Waals surface area contributed by atoms with Gasteiger partial charge in [-0.15, -0.1) is 0 Å². The van der Waals surface area contributed by atoms with Crippen LogP contribution in [0.25, 0.3) is 0 Å². The van der Waals surface area contributed by atoms with E-state index in [0.29, 0.717) is 25.4 Å². The van der Waals surface area contributed by atoms with Crippen molar-refractivity contribution in [2.24, 2.45) is 0 Å². The van der Waals surface area contributed by atoms with Crippen LogP contribution in [-0.2, 0) is 20.3 Å². The summed E-state index contributed by atoms with van der Waals surface area (Å²) in [5, 5.41) is 14.5. The lowest BCUT2D eigenvalue weighted by Gasteiger charge is -2.34. The number of hydrogen-bond donors (Lipinski definition) is 3. The molecule has 7 nitrogen and oxygen atoms in total. The Labute approximate surface area is 120 Å². The number of rotatable bonds is 6. The summed E-state index contributed by atoms with van der Waals surface area (Å²) >= 11 is 0. The highest BCUT2D eigenvalue weighted by atomic mass is 32.2. The first-order valence-electron chi connectivity index (χ1n) is 6.55. The highest BCUT2D eigenvalue weighted by molar-refractivity contribution is 7.84. The number of aliphatic carboxylic acids is 1. The van der Waals surface area contributed by atoms with E-state index in [2.05, 4.69) is 10.6 Å². The standard InChI is InChI=1S/C12H22N2O5S/c1-9(3-8-20(2)18)13-11(17)14-12(10(15)16)4-6-19-7-5-12/h9H,3-8H2,1-2H3,(H,15,16)(H2,13,14,17). The van der Waals surface area contributed by atoms with Crippen LogP contribution in [0.4, 0.5) is 4.79 Å². The zero-order chi connectivity index (χ0) is 15.2. The van der Waals surface area contributed by atoms with Crippen LogP contribution in [0, 0.1) is 0 Å². The highest BCUT2D eigenvalue weighted by Crippen LogP contribution is 2.20. The van der Waals surface area contributed by atoms with Gasteiger partial charge in [0.2, 0.25) is 0 Å². The summed E-state index contributed by atoms with van der Waals surface area (Å²) < 4.78 is 16.1. The van der Waals surface area contributed by atoms with E-state index in [1.165, 1.54) is 0 Å². The van der Waals surface area contributed by atoms with E-state index in [1.54, 1.807) is 13.2 Å². The summed E-state index contributed by atoms with van der Waals surface area (Å²) in [6.07, 6.45) is 2.69. The minimum atomic E-state index is -1.25. The molecule has 0 aromatic carbocycles. The monoisotopic (exact) mass is 306 g/mol. The first-order valence-corrected chi connectivity index (χ1v) is 8.28. The molecule has 0 aliphatic carbocycles. The molecule has 116 valence electrons. The van der Waals surface area contributed by atoms with E-state index in [4.69, 9.17) is 4.74 Å². The van der Waals surface area contributed by atoms with E-state index in [0.717, 1.165) is 0 Å². The Kier molecular flexibility index (Phi) is 6.41. The first-order chi connectivity index (χ1) is 9.35. The fraction of sp³-hybridized carbons (Fsp3) is 0.833. The van der Waals surface area contributed by atoms with Crippen LogP contribution in [0.1, 0.15) is 26.2 Å². The van der Waals surface area contributed by atoms with Crippen molar-refractivity contribution in [3.63, 3.8) is 0 Å². The van der Waals surface area contributed by atoms with Crippen LogP contribution in [0.3, 0.4) is 0 Å². The summed E-state index contributed by atoms with van der Waals surface area (Å²) in [5.74, 6) is -0.544. The summed E-state index contributed by atoms with van der Waals surface area (Å²) in [6.45, 7) is 2.43. The molecule has 1 fully saturated rings. The Morgan fingerprint density at radius 2 is 2.00 bits per heavy atom. The maximum absolute atomic E-state index is 11.9. The number of carbonyl (C=O) groups is 2. The smallest absolute Gasteiger partial charge is 0.329 e. The molecule has 1 saturated heterocycles. The number of amides is 2. The van der Waals surface area contributed by atoms with Crippen molar-refractivity contribution in [3.05, 3.63) is 0 Å². The average Bonchev–Trinajstić information content (AvgIpc) is 2.37. The zero-order valence-corrected chi connectivity index (χ0v) is 12.6. The molecule has 0 spiro atoms. The van der Waals surface area contributed by atoms with Crippen LogP contribution in [0.15, 0.2) is 0 Å². The number of carboxylic acids is 1. The summed E-state index contributed by atoms with van der Waals surface area (Å²) in [5.41, 5.74) is -1.25. The van der Waals surface area contributed by atoms with Gasteiger partial charge in [0.1, 0.15) is 5.54 Å². The topological polar surface area (TPSA) is 105 Å². The minimum absolute atomic E-state index is 0.162. The Morgan fingerprint density at radius 3 is 2.50 bits per heavy atom. The van der Waals surface area contributed by atoms with Gasteiger partial charge in [-0.2, -0.15) is 0 Å². The van der Waals surface area contributed by atoms with Crippen LogP contribution in [-0.4, -0.2) is 58.1 Å². The van der Waals surface area contributed by atoms with Crippen LogP contribution in [0.2, 0.25) is 0 Å². The van der Waals surface area contributed by atoms with Gasteiger partial charge in [-0.3, -0.25) is 4.21 Å². The summed E-state index contributed by atoms with van der Waals surface area (Å²) in [6, 6.07) is -0.673. The number of hydrogen-bond acceptors (Lipinski definition) is 4. The van der Waals surface area contributed by atoms with Gasteiger partial charge in [-0.1, -0.05) is 0 Å². The van der Waals surface area contributed by atoms with Gasteiger partial charge in [-0.05, 0) is 13.3 Å². The fourth-order valence-corrected chi connectivity index (χ4v) is 2.69. The molecule has 0 aromatic rings. The SMILES string of the molecule is CC(CCS(C)=O)NC(=O)NC1(C(=O)O)CCOCC1. The van der Waals surface area contributed by atoms with E-state index in [9.17, 15) is 18.9 Å². The molecule has 0 saturated carbocycles. The molecule has 1 aliphatic rings. The van der Waals surface area contributed by atoms with Gasteiger partial charge in [-0.25, -0.2) is 9.59 Å². The Bertz CT molecular complexity index is 382. The van der Waals surface area contributed by atoms with Crippen LogP contribution >= 0.6 is 0 Å². The number of carbonyl (C=O) groups excluding carboxylic acids is 1. The highest BCUT2D eigenvalue weighted by Gasteiger charge is 2.41. The molecule has 2 atom stereocenters. The number of carboxylic acid groups (broad SMARTS) is 1. The predicted molar refractivity (Wildman–Crippen MR) is 75.1 cm³/mol. The van der Waals surface area contributed by atoms with Gasteiger partial charge < -0.3 is 20.5 Å². The molecule has 20 heavy (non-hydrogen) atoms. The van der Waals surface area contributed by atoms with Crippen molar-refractivity contribution in [1.82, 2.24) is 10.6 Å². The van der Waals surface area contributed by atoms with Crippen molar-refractivity contribution in [1.29, 1.82) is 0 Å². The molecule has 8 heteroatoms. The Hall–Kier alpha value is -1.15. The lowest BCUT2D eigenvalue weighted by molar-refractivity contribution is -0.148. The first kappa shape index (κ1) is 16.9. The minimum Gasteiger partial charge on any atom is -0.480 e. The van der Waals surface area contributed by atoms with Crippen LogP contribution < -0.4 is 10.6 Å². The number of nitrogens with one attached hydrogen (secondary N) is 2. The predicted octanol–water partition coefficient (Wildman–Crippen LogP) is 0.0765. The number of ether oxygens (including phenoxy) is 1. The largest absolute Gasteiger partial charge is 0.480 e.